The maximum Gasteiger partial charge on any atom is 0.316 e. The van der Waals surface area contributed by atoms with Crippen molar-refractivity contribution in [3.8, 4) is 0 Å². The van der Waals surface area contributed by atoms with Crippen LogP contribution in [0.25, 0.3) is 0 Å². The summed E-state index contributed by atoms with van der Waals surface area (Å²) in [5.41, 5.74) is -1.59. The molecule has 1 aromatic carbocycles. The van der Waals surface area contributed by atoms with Gasteiger partial charge in [0.1, 0.15) is 5.41 Å². The highest BCUT2D eigenvalue weighted by atomic mass is 35.5. The van der Waals surface area contributed by atoms with Gasteiger partial charge in [0.15, 0.2) is 0 Å². The van der Waals surface area contributed by atoms with E-state index in [2.05, 4.69) is 0 Å². The first kappa shape index (κ1) is 12.6. The molecule has 0 aliphatic heterocycles. The van der Waals surface area contributed by atoms with Crippen LogP contribution in [0.1, 0.15) is 12.0 Å². The van der Waals surface area contributed by atoms with Crippen molar-refractivity contribution in [2.75, 3.05) is 0 Å². The molecular formula is C11H8Cl2F2O2. The molecular weight excluding hydrogens is 273 g/mol. The van der Waals surface area contributed by atoms with Crippen molar-refractivity contribution in [2.45, 2.75) is 18.8 Å². The van der Waals surface area contributed by atoms with Gasteiger partial charge in [-0.1, -0.05) is 23.2 Å². The number of hydrogen-bond donors (Lipinski definition) is 1. The van der Waals surface area contributed by atoms with Gasteiger partial charge in [0.05, 0.1) is 0 Å². The van der Waals surface area contributed by atoms with E-state index in [1.54, 1.807) is 0 Å². The molecule has 1 N–H and O–H groups in total. The summed E-state index contributed by atoms with van der Waals surface area (Å²) in [6.07, 6.45) is -0.908. The standard InChI is InChI=1S/C11H8Cl2F2O2/c12-7-1-6(2-8(13)3-7)4-10(9(16)17)5-11(10,14)15/h1-3H,4-5H2,(H,16,17). The molecule has 0 saturated heterocycles. The third-order valence-corrected chi connectivity index (χ3v) is 3.37. The Morgan fingerprint density at radius 2 is 1.76 bits per heavy atom. The van der Waals surface area contributed by atoms with Crippen molar-refractivity contribution >= 4 is 29.2 Å². The Kier molecular flexibility index (Phi) is 2.83. The molecule has 1 aliphatic carbocycles. The lowest BCUT2D eigenvalue weighted by Gasteiger charge is -2.11. The molecule has 0 amide bonds. The van der Waals surface area contributed by atoms with E-state index in [1.165, 1.54) is 18.2 Å². The van der Waals surface area contributed by atoms with Crippen molar-refractivity contribution < 1.29 is 18.7 Å². The highest BCUT2D eigenvalue weighted by Crippen LogP contribution is 2.62. The van der Waals surface area contributed by atoms with E-state index in [1.807, 2.05) is 0 Å². The van der Waals surface area contributed by atoms with E-state index < -0.39 is 23.7 Å². The minimum Gasteiger partial charge on any atom is -0.481 e. The number of alkyl halides is 2. The largest absolute Gasteiger partial charge is 0.481 e. The number of carboxylic acid groups (broad SMARTS) is 1. The van der Waals surface area contributed by atoms with Crippen molar-refractivity contribution in [2.24, 2.45) is 5.41 Å². The van der Waals surface area contributed by atoms with Gasteiger partial charge in [0.25, 0.3) is 5.92 Å². The Balaban J connectivity index is 2.29. The summed E-state index contributed by atoms with van der Waals surface area (Å²) in [7, 11) is 0. The van der Waals surface area contributed by atoms with Crippen LogP contribution in [-0.4, -0.2) is 17.0 Å². The highest BCUT2D eigenvalue weighted by Gasteiger charge is 2.76. The molecule has 0 bridgehead atoms. The molecule has 1 aliphatic rings. The number of carbonyl (C=O) groups is 1. The second kappa shape index (κ2) is 3.82. The zero-order valence-electron chi connectivity index (χ0n) is 8.51. The predicted molar refractivity (Wildman–Crippen MR) is 59.8 cm³/mol. The van der Waals surface area contributed by atoms with E-state index in [4.69, 9.17) is 28.3 Å². The zero-order chi connectivity index (χ0) is 12.8. The van der Waals surface area contributed by atoms with Crippen LogP contribution < -0.4 is 0 Å². The number of carboxylic acids is 1. The molecule has 1 unspecified atom stereocenters. The number of aliphatic carboxylic acids is 1. The van der Waals surface area contributed by atoms with E-state index in [0.717, 1.165) is 0 Å². The van der Waals surface area contributed by atoms with Gasteiger partial charge in [-0.05, 0) is 30.2 Å². The Labute approximate surface area is 106 Å². The molecule has 1 saturated carbocycles. The first-order chi connectivity index (χ1) is 7.77. The van der Waals surface area contributed by atoms with Gasteiger partial charge in [-0.3, -0.25) is 4.79 Å². The average molecular weight is 281 g/mol. The molecule has 1 atom stereocenters. The van der Waals surface area contributed by atoms with Crippen molar-refractivity contribution in [3.05, 3.63) is 33.8 Å². The van der Waals surface area contributed by atoms with Gasteiger partial charge in [0.2, 0.25) is 0 Å². The molecule has 6 heteroatoms. The number of rotatable bonds is 3. The Bertz CT molecular complexity index is 470. The monoisotopic (exact) mass is 280 g/mol. The number of hydrogen-bond acceptors (Lipinski definition) is 1. The molecule has 2 rings (SSSR count). The van der Waals surface area contributed by atoms with Crippen LogP contribution in [0.15, 0.2) is 18.2 Å². The second-order valence-electron chi connectivity index (χ2n) is 4.22. The number of benzene rings is 1. The number of halogens is 4. The predicted octanol–water partition coefficient (Wildman–Crippen LogP) is 3.65. The Hall–Kier alpha value is -0.870. The minimum absolute atomic E-state index is 0.268. The van der Waals surface area contributed by atoms with Crippen LogP contribution in [0.4, 0.5) is 8.78 Å². The van der Waals surface area contributed by atoms with Gasteiger partial charge in [-0.15, -0.1) is 0 Å². The summed E-state index contributed by atoms with van der Waals surface area (Å²) in [5, 5.41) is 9.50. The van der Waals surface area contributed by atoms with E-state index in [9.17, 15) is 13.6 Å². The van der Waals surface area contributed by atoms with Gasteiger partial charge < -0.3 is 5.11 Å². The topological polar surface area (TPSA) is 37.3 Å². The third kappa shape index (κ3) is 2.11. The van der Waals surface area contributed by atoms with Gasteiger partial charge in [0, 0.05) is 16.5 Å². The lowest BCUT2D eigenvalue weighted by atomic mass is 9.96. The van der Waals surface area contributed by atoms with E-state index in [-0.39, 0.29) is 6.42 Å². The second-order valence-corrected chi connectivity index (χ2v) is 5.10. The summed E-state index contributed by atoms with van der Waals surface area (Å²) >= 11 is 11.5. The third-order valence-electron chi connectivity index (χ3n) is 2.94. The van der Waals surface area contributed by atoms with Crippen LogP contribution in [0.3, 0.4) is 0 Å². The maximum absolute atomic E-state index is 13.1. The van der Waals surface area contributed by atoms with E-state index in [0.29, 0.717) is 15.6 Å². The zero-order valence-corrected chi connectivity index (χ0v) is 10.0. The van der Waals surface area contributed by atoms with Crippen LogP contribution >= 0.6 is 23.2 Å². The molecule has 0 heterocycles. The summed E-state index contributed by atoms with van der Waals surface area (Å²) in [4.78, 5) is 10.9. The molecule has 0 spiro atoms. The van der Waals surface area contributed by atoms with Crippen LogP contribution in [0.2, 0.25) is 10.0 Å². The summed E-state index contributed by atoms with van der Waals surface area (Å²) in [6.45, 7) is 0. The fraction of sp³-hybridized carbons (Fsp3) is 0.364. The minimum atomic E-state index is -3.16. The maximum atomic E-state index is 13.1. The smallest absolute Gasteiger partial charge is 0.316 e. The normalized spacial score (nSPS) is 25.6. The Morgan fingerprint density at radius 3 is 2.12 bits per heavy atom. The molecule has 17 heavy (non-hydrogen) atoms. The van der Waals surface area contributed by atoms with Gasteiger partial charge in [-0.25, -0.2) is 8.78 Å². The molecule has 1 aromatic rings. The van der Waals surface area contributed by atoms with Crippen LogP contribution in [0, 0.1) is 5.41 Å². The molecule has 0 aromatic heterocycles. The van der Waals surface area contributed by atoms with Crippen LogP contribution in [0.5, 0.6) is 0 Å². The fourth-order valence-electron chi connectivity index (χ4n) is 1.90. The molecule has 1 fully saturated rings. The van der Waals surface area contributed by atoms with Gasteiger partial charge >= 0.3 is 5.97 Å². The van der Waals surface area contributed by atoms with Crippen LogP contribution in [-0.2, 0) is 11.2 Å². The van der Waals surface area contributed by atoms with E-state index >= 15 is 0 Å². The Morgan fingerprint density at radius 1 is 1.29 bits per heavy atom. The molecule has 2 nitrogen and oxygen atoms in total. The van der Waals surface area contributed by atoms with Crippen molar-refractivity contribution in [1.82, 2.24) is 0 Å². The molecule has 92 valence electrons. The average Bonchev–Trinajstić information content (AvgIpc) is 2.67. The summed E-state index contributed by atoms with van der Waals surface area (Å²) < 4.78 is 26.3. The summed E-state index contributed by atoms with van der Waals surface area (Å²) in [5.74, 6) is -4.65. The fourth-order valence-corrected chi connectivity index (χ4v) is 2.47. The van der Waals surface area contributed by atoms with Gasteiger partial charge in [-0.2, -0.15) is 0 Å². The molecule has 0 radical (unpaired) electrons. The SMILES string of the molecule is O=C(O)C1(Cc2cc(Cl)cc(Cl)c2)CC1(F)F. The quantitative estimate of drug-likeness (QED) is 0.918. The highest BCUT2D eigenvalue weighted by molar-refractivity contribution is 6.34. The first-order valence-corrected chi connectivity index (χ1v) is 5.59. The van der Waals surface area contributed by atoms with Crippen molar-refractivity contribution in [1.29, 1.82) is 0 Å². The van der Waals surface area contributed by atoms with Crippen molar-refractivity contribution in [3.63, 3.8) is 0 Å². The lowest BCUT2D eigenvalue weighted by Crippen LogP contribution is -2.25. The summed E-state index contributed by atoms with van der Waals surface area (Å²) in [6, 6.07) is 4.37. The first-order valence-electron chi connectivity index (χ1n) is 4.83. The lowest BCUT2D eigenvalue weighted by molar-refractivity contribution is -0.147.